The van der Waals surface area contributed by atoms with Crippen molar-refractivity contribution in [3.8, 4) is 0 Å². The number of hydrogen-bond donors (Lipinski definition) is 1. The number of hydrazine groups is 1. The number of halogens is 5. The van der Waals surface area contributed by atoms with Crippen molar-refractivity contribution in [3.05, 3.63) is 40.6 Å². The van der Waals surface area contributed by atoms with Gasteiger partial charge in [-0.15, -0.1) is 0 Å². The lowest BCUT2D eigenvalue weighted by atomic mass is 10.1. The molecule has 1 fully saturated rings. The molecule has 1 saturated heterocycles. The molecule has 0 radical (unpaired) electrons. The highest BCUT2D eigenvalue weighted by Gasteiger charge is 2.41. The van der Waals surface area contributed by atoms with Crippen LogP contribution in [0.1, 0.15) is 12.8 Å². The van der Waals surface area contributed by atoms with Gasteiger partial charge in [0.1, 0.15) is 17.4 Å². The molecule has 11 nitrogen and oxygen atoms in total. The topological polar surface area (TPSA) is 120 Å². The Labute approximate surface area is 220 Å². The molecular formula is C20H22Cl2F3N5O6S. The molecule has 1 N–H and O–H groups in total. The number of carbonyl (C=O) groups is 3. The van der Waals surface area contributed by atoms with Crippen molar-refractivity contribution in [2.45, 2.75) is 30.0 Å². The van der Waals surface area contributed by atoms with Crippen molar-refractivity contribution in [2.75, 3.05) is 33.2 Å². The fourth-order valence-electron chi connectivity index (χ4n) is 3.52. The Hall–Kier alpha value is -2.59. The summed E-state index contributed by atoms with van der Waals surface area (Å²) in [5, 5.41) is 3.47. The van der Waals surface area contributed by atoms with Gasteiger partial charge in [0.15, 0.2) is 0 Å². The molecule has 0 saturated carbocycles. The van der Waals surface area contributed by atoms with Crippen molar-refractivity contribution in [3.63, 3.8) is 0 Å². The van der Waals surface area contributed by atoms with E-state index in [1.165, 1.54) is 17.1 Å². The Balaban J connectivity index is 1.89. The van der Waals surface area contributed by atoms with Crippen LogP contribution >= 0.6 is 23.2 Å². The van der Waals surface area contributed by atoms with E-state index in [1.54, 1.807) is 7.05 Å². The number of alkyl halides is 3. The minimum atomic E-state index is -4.89. The summed E-state index contributed by atoms with van der Waals surface area (Å²) in [6.07, 6.45) is -5.70. The monoisotopic (exact) mass is 587 g/mol. The first-order valence-corrected chi connectivity index (χ1v) is 12.9. The summed E-state index contributed by atoms with van der Waals surface area (Å²) < 4.78 is 65.4. The second-order valence-electron chi connectivity index (χ2n) is 8.11. The Morgan fingerprint density at radius 2 is 1.84 bits per heavy atom. The zero-order chi connectivity index (χ0) is 27.5. The number of nitrogens with zero attached hydrogens (tertiary/aromatic N) is 4. The molecule has 0 spiro atoms. The number of hydroxylamine groups is 1. The molecule has 3 rings (SSSR count). The van der Waals surface area contributed by atoms with Crippen LogP contribution < -0.4 is 5.32 Å². The molecule has 204 valence electrons. The van der Waals surface area contributed by atoms with Gasteiger partial charge in [-0.2, -0.15) is 18.2 Å². The normalized spacial score (nSPS) is 19.5. The van der Waals surface area contributed by atoms with Crippen LogP contribution in [0.5, 0.6) is 0 Å². The molecule has 1 aromatic carbocycles. The van der Waals surface area contributed by atoms with E-state index in [4.69, 9.17) is 28.0 Å². The van der Waals surface area contributed by atoms with Gasteiger partial charge < -0.3 is 15.1 Å². The van der Waals surface area contributed by atoms with Gasteiger partial charge in [0, 0.05) is 38.6 Å². The molecule has 0 aromatic heterocycles. The standard InChI is InChI=1S/C20H22Cl2F3N5O6S/c1-27-7-9-28(10-8-27)30(36-17(32)12-20(23,24)25)16(31)11-14-19(33)26-5-6-29(14)37(34,35)15-4-2-3-13(21)18(15)22/h2-6,14H,7-12H2,1H3,(H,26,33)/t14-/m1/s1. The number of likely N-dealkylation sites (N-methyl/N-ethyl adjacent to an activating group) is 1. The summed E-state index contributed by atoms with van der Waals surface area (Å²) in [6, 6.07) is 2.14. The van der Waals surface area contributed by atoms with Crippen molar-refractivity contribution in [1.29, 1.82) is 0 Å². The molecule has 1 aromatic rings. The third kappa shape index (κ3) is 7.04. The molecule has 0 aliphatic carbocycles. The Kier molecular flexibility index (Phi) is 8.95. The summed E-state index contributed by atoms with van der Waals surface area (Å²) >= 11 is 12.0. The number of benzene rings is 1. The van der Waals surface area contributed by atoms with Gasteiger partial charge in [0.2, 0.25) is 5.91 Å². The molecule has 0 bridgehead atoms. The molecule has 2 aliphatic rings. The summed E-state index contributed by atoms with van der Waals surface area (Å²) in [4.78, 5) is 44.0. The minimum Gasteiger partial charge on any atom is -0.329 e. The van der Waals surface area contributed by atoms with Crippen molar-refractivity contribution in [2.24, 2.45) is 0 Å². The van der Waals surface area contributed by atoms with Crippen molar-refractivity contribution < 1.29 is 40.8 Å². The highest BCUT2D eigenvalue weighted by atomic mass is 35.5. The summed E-state index contributed by atoms with van der Waals surface area (Å²) in [6.45, 7) is 0.999. The lowest BCUT2D eigenvalue weighted by Crippen LogP contribution is -2.57. The molecule has 0 unspecified atom stereocenters. The van der Waals surface area contributed by atoms with Crippen LogP contribution in [-0.4, -0.2) is 91.0 Å². The van der Waals surface area contributed by atoms with Gasteiger partial charge in [0.25, 0.3) is 15.9 Å². The second kappa shape index (κ2) is 11.4. The third-order valence-electron chi connectivity index (χ3n) is 5.38. The van der Waals surface area contributed by atoms with Crippen LogP contribution in [0.15, 0.2) is 35.5 Å². The van der Waals surface area contributed by atoms with Crippen LogP contribution in [0.25, 0.3) is 0 Å². The SMILES string of the molecule is CN1CCN(N(OC(=O)CC(F)(F)F)C(=O)C[C@@H]2C(=O)NC=CN2S(=O)(=O)c2cccc(Cl)c2Cl)CC1. The molecule has 17 heteroatoms. The van der Waals surface area contributed by atoms with Gasteiger partial charge >= 0.3 is 12.1 Å². The summed E-state index contributed by atoms with van der Waals surface area (Å²) in [5.74, 6) is -3.77. The average Bonchev–Trinajstić information content (AvgIpc) is 2.80. The number of piperazine rings is 1. The Bertz CT molecular complexity index is 1190. The average molecular weight is 588 g/mol. The van der Waals surface area contributed by atoms with E-state index < -0.39 is 57.8 Å². The molecule has 2 heterocycles. The zero-order valence-electron chi connectivity index (χ0n) is 19.2. The predicted octanol–water partition coefficient (Wildman–Crippen LogP) is 1.75. The van der Waals surface area contributed by atoms with Crippen LogP contribution in [0.4, 0.5) is 13.2 Å². The Morgan fingerprint density at radius 3 is 2.46 bits per heavy atom. The Morgan fingerprint density at radius 1 is 1.19 bits per heavy atom. The van der Waals surface area contributed by atoms with E-state index in [0.717, 1.165) is 18.5 Å². The minimum absolute atomic E-state index is 0.0707. The maximum atomic E-state index is 13.3. The van der Waals surface area contributed by atoms with E-state index in [0.29, 0.717) is 22.6 Å². The van der Waals surface area contributed by atoms with Crippen LogP contribution in [0.2, 0.25) is 10.0 Å². The van der Waals surface area contributed by atoms with Crippen LogP contribution in [-0.2, 0) is 29.2 Å². The quantitative estimate of drug-likeness (QED) is 0.500. The maximum Gasteiger partial charge on any atom is 0.399 e. The molecular weight excluding hydrogens is 566 g/mol. The number of carbonyl (C=O) groups excluding carboxylic acids is 3. The highest BCUT2D eigenvalue weighted by molar-refractivity contribution is 7.89. The lowest BCUT2D eigenvalue weighted by molar-refractivity contribution is -0.268. The van der Waals surface area contributed by atoms with E-state index in [9.17, 15) is 36.0 Å². The first-order chi connectivity index (χ1) is 17.2. The van der Waals surface area contributed by atoms with Gasteiger partial charge in [0.05, 0.1) is 16.5 Å². The van der Waals surface area contributed by atoms with Crippen LogP contribution in [0.3, 0.4) is 0 Å². The molecule has 2 amide bonds. The van der Waals surface area contributed by atoms with Gasteiger partial charge in [-0.3, -0.25) is 13.9 Å². The van der Waals surface area contributed by atoms with Crippen LogP contribution in [0, 0.1) is 0 Å². The smallest absolute Gasteiger partial charge is 0.329 e. The third-order valence-corrected chi connectivity index (χ3v) is 8.14. The molecule has 2 aliphatic heterocycles. The summed E-state index contributed by atoms with van der Waals surface area (Å²) in [5.41, 5.74) is 0. The first kappa shape index (κ1) is 29.0. The molecule has 37 heavy (non-hydrogen) atoms. The van der Waals surface area contributed by atoms with E-state index >= 15 is 0 Å². The number of amides is 2. The fraction of sp³-hybridized carbons (Fsp3) is 0.450. The van der Waals surface area contributed by atoms with E-state index in [2.05, 4.69) is 5.32 Å². The van der Waals surface area contributed by atoms with Crippen molar-refractivity contribution in [1.82, 2.24) is 24.7 Å². The zero-order valence-corrected chi connectivity index (χ0v) is 21.6. The first-order valence-electron chi connectivity index (χ1n) is 10.7. The van der Waals surface area contributed by atoms with Gasteiger partial charge in [-0.25, -0.2) is 13.2 Å². The number of sulfonamides is 1. The van der Waals surface area contributed by atoms with Gasteiger partial charge in [-0.05, 0) is 19.2 Å². The number of rotatable bonds is 6. The summed E-state index contributed by atoms with van der Waals surface area (Å²) in [7, 11) is -2.75. The van der Waals surface area contributed by atoms with Crippen molar-refractivity contribution >= 4 is 51.0 Å². The lowest BCUT2D eigenvalue weighted by Gasteiger charge is -2.39. The van der Waals surface area contributed by atoms with Gasteiger partial charge in [-0.1, -0.05) is 34.4 Å². The second-order valence-corrected chi connectivity index (χ2v) is 10.7. The van der Waals surface area contributed by atoms with E-state index in [-0.39, 0.29) is 23.1 Å². The number of hydrogen-bond acceptors (Lipinski definition) is 8. The largest absolute Gasteiger partial charge is 0.399 e. The molecule has 1 atom stereocenters. The maximum absolute atomic E-state index is 13.3. The van der Waals surface area contributed by atoms with E-state index in [1.807, 2.05) is 4.90 Å². The fourth-order valence-corrected chi connectivity index (χ4v) is 5.70. The highest BCUT2D eigenvalue weighted by Crippen LogP contribution is 2.33. The predicted molar refractivity (Wildman–Crippen MR) is 124 cm³/mol. The number of nitrogens with one attached hydrogen (secondary N) is 1.